The lowest BCUT2D eigenvalue weighted by atomic mass is 9.97. The van der Waals surface area contributed by atoms with Crippen LogP contribution in [-0.2, 0) is 19.1 Å². The molecule has 1 aliphatic rings. The molecule has 0 radical (unpaired) electrons. The van der Waals surface area contributed by atoms with Gasteiger partial charge in [0.25, 0.3) is 0 Å². The van der Waals surface area contributed by atoms with Crippen LogP contribution < -0.4 is 10.6 Å². The number of amides is 2. The zero-order valence-electron chi connectivity index (χ0n) is 17.8. The summed E-state index contributed by atoms with van der Waals surface area (Å²) in [6.45, 7) is 6.55. The molecule has 3 heterocycles. The molecule has 1 aromatic carbocycles. The average molecular weight is 406 g/mol. The van der Waals surface area contributed by atoms with Gasteiger partial charge < -0.3 is 15.5 Å². The number of nitrogens with one attached hydrogen (secondary N) is 2. The Balaban J connectivity index is 1.52. The first kappa shape index (κ1) is 19.9. The van der Waals surface area contributed by atoms with Crippen molar-refractivity contribution in [3.63, 3.8) is 0 Å². The van der Waals surface area contributed by atoms with Gasteiger partial charge in [0.15, 0.2) is 5.82 Å². The lowest BCUT2D eigenvalue weighted by Gasteiger charge is -2.33. The Kier molecular flexibility index (Phi) is 5.15. The van der Waals surface area contributed by atoms with E-state index in [1.165, 1.54) is 0 Å². The maximum atomic E-state index is 13.2. The average Bonchev–Trinajstić information content (AvgIpc) is 3.26. The fourth-order valence-corrected chi connectivity index (χ4v) is 3.86. The molecule has 0 unspecified atom stereocenters. The highest BCUT2D eigenvalue weighted by atomic mass is 16.2. The van der Waals surface area contributed by atoms with Gasteiger partial charge in [0.05, 0.1) is 23.8 Å². The van der Waals surface area contributed by atoms with Gasteiger partial charge in [-0.25, -0.2) is 14.8 Å². The zero-order valence-corrected chi connectivity index (χ0v) is 17.8. The lowest BCUT2D eigenvalue weighted by Crippen LogP contribution is -2.47. The van der Waals surface area contributed by atoms with Gasteiger partial charge in [-0.3, -0.25) is 4.68 Å². The second-order valence-electron chi connectivity index (χ2n) is 8.02. The molecule has 8 heteroatoms. The number of aromatic nitrogens is 4. The van der Waals surface area contributed by atoms with E-state index < -0.39 is 5.54 Å². The third-order valence-electron chi connectivity index (χ3n) is 5.62. The predicted molar refractivity (Wildman–Crippen MR) is 115 cm³/mol. The Morgan fingerprint density at radius 3 is 2.67 bits per heavy atom. The number of aryl methyl sites for hydroxylation is 1. The fraction of sp³-hybridized carbons (Fsp3) is 0.364. The molecular weight excluding hydrogens is 378 g/mol. The van der Waals surface area contributed by atoms with Crippen LogP contribution in [0, 0.1) is 0 Å². The quantitative estimate of drug-likeness (QED) is 0.673. The molecule has 0 bridgehead atoms. The Morgan fingerprint density at radius 2 is 2.00 bits per heavy atom. The minimum absolute atomic E-state index is 0.0364. The topological polar surface area (TPSA) is 88.0 Å². The molecule has 30 heavy (non-hydrogen) atoms. The van der Waals surface area contributed by atoms with E-state index in [0.717, 1.165) is 23.2 Å². The van der Waals surface area contributed by atoms with Crippen LogP contribution in [0.5, 0.6) is 0 Å². The molecule has 4 rings (SSSR count). The first-order valence-corrected chi connectivity index (χ1v) is 10.1. The van der Waals surface area contributed by atoms with E-state index in [1.54, 1.807) is 10.9 Å². The number of carbonyl (C=O) groups excluding carboxylic acids is 1. The highest BCUT2D eigenvalue weighted by Gasteiger charge is 2.42. The highest BCUT2D eigenvalue weighted by Crippen LogP contribution is 2.38. The van der Waals surface area contributed by atoms with Crippen molar-refractivity contribution >= 4 is 17.8 Å². The molecule has 0 aliphatic carbocycles. The van der Waals surface area contributed by atoms with Gasteiger partial charge in [-0.2, -0.15) is 5.10 Å². The lowest BCUT2D eigenvalue weighted by molar-refractivity contribution is 0.141. The molecule has 0 fully saturated rings. The number of fused-ring (bicyclic) bond motifs is 1. The van der Waals surface area contributed by atoms with E-state index >= 15 is 0 Å². The van der Waals surface area contributed by atoms with E-state index in [1.807, 2.05) is 68.4 Å². The summed E-state index contributed by atoms with van der Waals surface area (Å²) in [6, 6.07) is 11.8. The number of hydrogen-bond donors (Lipinski definition) is 2. The van der Waals surface area contributed by atoms with Gasteiger partial charge in [-0.15, -0.1) is 0 Å². The molecule has 1 atom stereocenters. The smallest absolute Gasteiger partial charge is 0.318 e. The molecule has 0 saturated carbocycles. The summed E-state index contributed by atoms with van der Waals surface area (Å²) >= 11 is 0. The zero-order chi connectivity index (χ0) is 21.3. The van der Waals surface area contributed by atoms with Crippen LogP contribution in [0.25, 0.3) is 0 Å². The molecule has 2 amide bonds. The molecule has 1 aliphatic heterocycles. The van der Waals surface area contributed by atoms with E-state index in [9.17, 15) is 4.79 Å². The second-order valence-corrected chi connectivity index (χ2v) is 8.02. The summed E-state index contributed by atoms with van der Waals surface area (Å²) in [4.78, 5) is 24.1. The molecule has 2 aromatic heterocycles. The summed E-state index contributed by atoms with van der Waals surface area (Å²) in [7, 11) is 1.85. The summed E-state index contributed by atoms with van der Waals surface area (Å²) in [5.41, 5.74) is 2.40. The molecule has 3 aromatic rings. The number of benzene rings is 1. The van der Waals surface area contributed by atoms with Crippen molar-refractivity contribution in [1.82, 2.24) is 30.0 Å². The number of urea groups is 1. The van der Waals surface area contributed by atoms with Crippen LogP contribution in [0.15, 0.2) is 48.8 Å². The Morgan fingerprint density at radius 1 is 1.23 bits per heavy atom. The number of hydrogen-bond acceptors (Lipinski definition) is 5. The number of nitrogens with zero attached hydrogens (tertiary/aromatic N) is 5. The largest absolute Gasteiger partial charge is 0.331 e. The number of carbonyl (C=O) groups is 1. The summed E-state index contributed by atoms with van der Waals surface area (Å²) in [5.74, 6) is 1.15. The van der Waals surface area contributed by atoms with Crippen molar-refractivity contribution in [2.45, 2.75) is 45.3 Å². The van der Waals surface area contributed by atoms with Crippen LogP contribution in [0.4, 0.5) is 16.6 Å². The Labute approximate surface area is 176 Å². The van der Waals surface area contributed by atoms with Gasteiger partial charge in [0, 0.05) is 31.1 Å². The van der Waals surface area contributed by atoms with Crippen LogP contribution >= 0.6 is 0 Å². The SMILES string of the molecule is CC[C@@H](NC(=O)N1Cc2nc(Nc3ccn(C)n3)ncc2C1(C)C)c1ccccc1. The molecule has 8 nitrogen and oxygen atoms in total. The number of anilines is 2. The first-order valence-electron chi connectivity index (χ1n) is 10.1. The molecule has 0 spiro atoms. The van der Waals surface area contributed by atoms with Crippen molar-refractivity contribution in [3.8, 4) is 0 Å². The monoisotopic (exact) mass is 405 g/mol. The van der Waals surface area contributed by atoms with Gasteiger partial charge in [0.1, 0.15) is 0 Å². The van der Waals surface area contributed by atoms with Gasteiger partial charge in [0.2, 0.25) is 5.95 Å². The van der Waals surface area contributed by atoms with Gasteiger partial charge >= 0.3 is 6.03 Å². The standard InChI is InChI=1S/C22H27N7O/c1-5-17(15-9-7-6-8-10-15)25-21(30)29-14-18-16(22(29,2)3)13-23-20(24-18)26-19-11-12-28(4)27-19/h6-13,17H,5,14H2,1-4H3,(H,25,30)(H,23,24,26,27)/t17-/m1/s1. The minimum Gasteiger partial charge on any atom is -0.331 e. The predicted octanol–water partition coefficient (Wildman–Crippen LogP) is 3.87. The summed E-state index contributed by atoms with van der Waals surface area (Å²) < 4.78 is 1.71. The summed E-state index contributed by atoms with van der Waals surface area (Å²) in [6.07, 6.45) is 4.46. The van der Waals surface area contributed by atoms with Crippen LogP contribution in [0.2, 0.25) is 0 Å². The van der Waals surface area contributed by atoms with Crippen LogP contribution in [0.1, 0.15) is 50.1 Å². The van der Waals surface area contributed by atoms with Gasteiger partial charge in [-0.05, 0) is 25.8 Å². The third-order valence-corrected chi connectivity index (χ3v) is 5.62. The van der Waals surface area contributed by atoms with Crippen molar-refractivity contribution in [3.05, 3.63) is 65.6 Å². The van der Waals surface area contributed by atoms with E-state index in [4.69, 9.17) is 0 Å². The van der Waals surface area contributed by atoms with Crippen molar-refractivity contribution in [1.29, 1.82) is 0 Å². The van der Waals surface area contributed by atoms with Crippen molar-refractivity contribution < 1.29 is 4.79 Å². The van der Waals surface area contributed by atoms with E-state index in [0.29, 0.717) is 18.3 Å². The molecule has 2 N–H and O–H groups in total. The van der Waals surface area contributed by atoms with Crippen molar-refractivity contribution in [2.75, 3.05) is 5.32 Å². The fourth-order valence-electron chi connectivity index (χ4n) is 3.86. The normalized spacial score (nSPS) is 15.5. The van der Waals surface area contributed by atoms with Crippen LogP contribution in [0.3, 0.4) is 0 Å². The maximum absolute atomic E-state index is 13.2. The molecular formula is C22H27N7O. The van der Waals surface area contributed by atoms with Crippen molar-refractivity contribution in [2.24, 2.45) is 7.05 Å². The van der Waals surface area contributed by atoms with Crippen LogP contribution in [-0.4, -0.2) is 30.7 Å². The Hall–Kier alpha value is -3.42. The second kappa shape index (κ2) is 7.78. The third kappa shape index (κ3) is 3.72. The van der Waals surface area contributed by atoms with E-state index in [2.05, 4.69) is 32.6 Å². The first-order chi connectivity index (χ1) is 14.4. The molecule has 0 saturated heterocycles. The Bertz CT molecular complexity index is 1040. The van der Waals surface area contributed by atoms with Gasteiger partial charge in [-0.1, -0.05) is 37.3 Å². The summed E-state index contributed by atoms with van der Waals surface area (Å²) in [5, 5.41) is 10.6. The van der Waals surface area contributed by atoms with E-state index in [-0.39, 0.29) is 12.1 Å². The maximum Gasteiger partial charge on any atom is 0.318 e. The minimum atomic E-state index is -0.502. The highest BCUT2D eigenvalue weighted by molar-refractivity contribution is 5.77. The number of rotatable bonds is 5. The molecule has 156 valence electrons.